The maximum absolute atomic E-state index is 12.2. The minimum Gasteiger partial charge on any atom is -0.478 e. The number of rotatable bonds is 3. The first-order valence-electron chi connectivity index (χ1n) is 5.74. The van der Waals surface area contributed by atoms with Gasteiger partial charge in [-0.3, -0.25) is 4.79 Å². The average molecular weight is 308 g/mol. The number of fused-ring (bicyclic) bond motifs is 1. The Morgan fingerprint density at radius 2 is 2.19 bits per heavy atom. The Bertz CT molecular complexity index is 854. The van der Waals surface area contributed by atoms with E-state index in [4.69, 9.17) is 9.52 Å². The van der Waals surface area contributed by atoms with Gasteiger partial charge in [-0.2, -0.15) is 8.42 Å². The van der Waals surface area contributed by atoms with E-state index in [0.29, 0.717) is 4.31 Å². The standard InChI is InChI=1S/C12H8N2O6S/c15-11-9-2-1-3-13-10(9)21(18,19)14(11)5-8-4-7(6-20-8)12(16)17/h1-4,6H,5H2,(H,16,17). The number of pyridine rings is 1. The van der Waals surface area contributed by atoms with Crippen molar-refractivity contribution in [3.63, 3.8) is 0 Å². The van der Waals surface area contributed by atoms with Crippen molar-refractivity contribution in [3.05, 3.63) is 47.5 Å². The second-order valence-corrected chi connectivity index (χ2v) is 6.06. The number of aromatic carboxylic acids is 1. The largest absolute Gasteiger partial charge is 0.478 e. The second-order valence-electron chi connectivity index (χ2n) is 4.28. The van der Waals surface area contributed by atoms with Crippen molar-refractivity contribution < 1.29 is 27.5 Å². The summed E-state index contributed by atoms with van der Waals surface area (Å²) in [5, 5.41) is 8.48. The molecule has 0 saturated carbocycles. The molecule has 3 heterocycles. The third-order valence-electron chi connectivity index (χ3n) is 2.96. The Morgan fingerprint density at radius 1 is 1.43 bits per heavy atom. The first-order chi connectivity index (χ1) is 9.91. The molecule has 0 unspecified atom stereocenters. The van der Waals surface area contributed by atoms with Crippen LogP contribution >= 0.6 is 0 Å². The van der Waals surface area contributed by atoms with Crippen LogP contribution in [0.15, 0.2) is 40.1 Å². The van der Waals surface area contributed by atoms with E-state index in [2.05, 4.69) is 4.98 Å². The maximum atomic E-state index is 12.2. The number of amides is 1. The van der Waals surface area contributed by atoms with Gasteiger partial charge in [-0.1, -0.05) is 0 Å². The summed E-state index contributed by atoms with van der Waals surface area (Å²) in [5.74, 6) is -1.87. The van der Waals surface area contributed by atoms with E-state index in [1.807, 2.05) is 0 Å². The Labute approximate surface area is 118 Å². The number of hydrogen-bond donors (Lipinski definition) is 1. The number of hydrogen-bond acceptors (Lipinski definition) is 6. The molecule has 108 valence electrons. The number of furan rings is 1. The summed E-state index contributed by atoms with van der Waals surface area (Å²) in [6.45, 7) is -0.384. The molecule has 1 amide bonds. The number of carboxylic acid groups (broad SMARTS) is 1. The van der Waals surface area contributed by atoms with Crippen molar-refractivity contribution in [3.8, 4) is 0 Å². The molecule has 0 fully saturated rings. The van der Waals surface area contributed by atoms with E-state index >= 15 is 0 Å². The van der Waals surface area contributed by atoms with Crippen molar-refractivity contribution in [2.24, 2.45) is 0 Å². The minimum absolute atomic E-state index is 0.0116. The normalized spacial score (nSPS) is 16.0. The van der Waals surface area contributed by atoms with Crippen LogP contribution < -0.4 is 0 Å². The molecule has 0 spiro atoms. The number of sulfonamides is 1. The zero-order valence-electron chi connectivity index (χ0n) is 10.4. The van der Waals surface area contributed by atoms with E-state index in [1.54, 1.807) is 0 Å². The molecule has 3 rings (SSSR count). The van der Waals surface area contributed by atoms with Crippen LogP contribution in [0.4, 0.5) is 0 Å². The lowest BCUT2D eigenvalue weighted by Gasteiger charge is -2.12. The lowest BCUT2D eigenvalue weighted by atomic mass is 10.2. The molecule has 0 aromatic carbocycles. The van der Waals surface area contributed by atoms with E-state index < -0.39 is 21.9 Å². The van der Waals surface area contributed by atoms with Gasteiger partial charge in [0.05, 0.1) is 17.7 Å². The minimum atomic E-state index is -4.04. The van der Waals surface area contributed by atoms with Gasteiger partial charge in [-0.25, -0.2) is 14.1 Å². The fraction of sp³-hybridized carbons (Fsp3) is 0.0833. The molecule has 0 saturated heterocycles. The quantitative estimate of drug-likeness (QED) is 0.887. The monoisotopic (exact) mass is 308 g/mol. The highest BCUT2D eigenvalue weighted by Crippen LogP contribution is 2.29. The van der Waals surface area contributed by atoms with Gasteiger partial charge in [-0.05, 0) is 18.2 Å². The van der Waals surface area contributed by atoms with Crippen LogP contribution in [0.2, 0.25) is 0 Å². The van der Waals surface area contributed by atoms with Gasteiger partial charge >= 0.3 is 5.97 Å². The van der Waals surface area contributed by atoms with Gasteiger partial charge in [0.25, 0.3) is 15.9 Å². The van der Waals surface area contributed by atoms with Gasteiger partial charge in [0.2, 0.25) is 0 Å². The summed E-state index contributed by atoms with van der Waals surface area (Å²) < 4.78 is 30.0. The summed E-state index contributed by atoms with van der Waals surface area (Å²) in [5.41, 5.74) is -0.132. The zero-order valence-corrected chi connectivity index (χ0v) is 11.2. The SMILES string of the molecule is O=C(O)c1coc(CN2C(=O)c3cccnc3S2(=O)=O)c1. The van der Waals surface area contributed by atoms with Gasteiger partial charge < -0.3 is 9.52 Å². The van der Waals surface area contributed by atoms with Crippen molar-refractivity contribution in [2.45, 2.75) is 11.6 Å². The van der Waals surface area contributed by atoms with Crippen LogP contribution in [0.3, 0.4) is 0 Å². The maximum Gasteiger partial charge on any atom is 0.338 e. The molecule has 0 atom stereocenters. The van der Waals surface area contributed by atoms with Crippen molar-refractivity contribution in [1.29, 1.82) is 0 Å². The van der Waals surface area contributed by atoms with E-state index in [0.717, 1.165) is 6.26 Å². The Hall–Kier alpha value is -2.68. The summed E-state index contributed by atoms with van der Waals surface area (Å²) in [4.78, 5) is 26.6. The first kappa shape index (κ1) is 13.3. The smallest absolute Gasteiger partial charge is 0.338 e. The van der Waals surface area contributed by atoms with Gasteiger partial charge in [0.15, 0.2) is 5.03 Å². The average Bonchev–Trinajstić information content (AvgIpc) is 2.98. The fourth-order valence-corrected chi connectivity index (χ4v) is 3.43. The highest BCUT2D eigenvalue weighted by Gasteiger charge is 2.42. The molecule has 0 bridgehead atoms. The third kappa shape index (κ3) is 1.98. The molecule has 1 aliphatic rings. The number of carboxylic acids is 1. The number of carbonyl (C=O) groups is 2. The van der Waals surface area contributed by atoms with Crippen LogP contribution in [0.25, 0.3) is 0 Å². The molecular weight excluding hydrogens is 300 g/mol. The highest BCUT2D eigenvalue weighted by molar-refractivity contribution is 7.90. The first-order valence-corrected chi connectivity index (χ1v) is 7.18. The van der Waals surface area contributed by atoms with Crippen molar-refractivity contribution in [2.75, 3.05) is 0 Å². The molecule has 1 N–H and O–H groups in total. The highest BCUT2D eigenvalue weighted by atomic mass is 32.2. The molecule has 2 aromatic heterocycles. The third-order valence-corrected chi connectivity index (χ3v) is 4.65. The molecule has 1 aliphatic heterocycles. The number of aromatic nitrogens is 1. The summed E-state index contributed by atoms with van der Waals surface area (Å²) in [6, 6.07) is 4.00. The van der Waals surface area contributed by atoms with Crippen LogP contribution in [-0.2, 0) is 16.6 Å². The molecular formula is C12H8N2O6S. The molecule has 8 nitrogen and oxygen atoms in total. The van der Waals surface area contributed by atoms with Crippen LogP contribution in [0.1, 0.15) is 26.5 Å². The summed E-state index contributed by atoms with van der Waals surface area (Å²) >= 11 is 0. The lowest BCUT2D eigenvalue weighted by Crippen LogP contribution is -2.29. The fourth-order valence-electron chi connectivity index (χ4n) is 1.98. The number of nitrogens with zero attached hydrogens (tertiary/aromatic N) is 2. The van der Waals surface area contributed by atoms with Crippen LogP contribution in [0, 0.1) is 0 Å². The Balaban J connectivity index is 1.97. The van der Waals surface area contributed by atoms with Gasteiger partial charge in [0.1, 0.15) is 12.0 Å². The predicted octanol–water partition coefficient (Wildman–Crippen LogP) is 0.718. The zero-order chi connectivity index (χ0) is 15.2. The van der Waals surface area contributed by atoms with Gasteiger partial charge in [0, 0.05) is 6.20 Å². The molecule has 9 heteroatoms. The van der Waals surface area contributed by atoms with E-state index in [9.17, 15) is 18.0 Å². The lowest BCUT2D eigenvalue weighted by molar-refractivity contribution is 0.0695. The van der Waals surface area contributed by atoms with E-state index in [-0.39, 0.29) is 28.5 Å². The van der Waals surface area contributed by atoms with Gasteiger partial charge in [-0.15, -0.1) is 0 Å². The molecule has 0 aliphatic carbocycles. The summed E-state index contributed by atoms with van der Waals surface area (Å²) in [6.07, 6.45) is 2.26. The van der Waals surface area contributed by atoms with E-state index in [1.165, 1.54) is 24.4 Å². The molecule has 2 aromatic rings. The summed E-state index contributed by atoms with van der Waals surface area (Å²) in [7, 11) is -4.04. The predicted molar refractivity (Wildman–Crippen MR) is 67.0 cm³/mol. The number of carbonyl (C=O) groups excluding carboxylic acids is 1. The molecule has 0 radical (unpaired) electrons. The van der Waals surface area contributed by atoms with Crippen LogP contribution in [-0.4, -0.2) is 34.7 Å². The van der Waals surface area contributed by atoms with Crippen LogP contribution in [0.5, 0.6) is 0 Å². The molecule has 21 heavy (non-hydrogen) atoms. The Kier molecular flexibility index (Phi) is 2.80. The van der Waals surface area contributed by atoms with Crippen molar-refractivity contribution in [1.82, 2.24) is 9.29 Å². The second kappa shape index (κ2) is 4.42. The van der Waals surface area contributed by atoms with Crippen molar-refractivity contribution >= 4 is 21.9 Å². The topological polar surface area (TPSA) is 118 Å². The Morgan fingerprint density at radius 3 is 2.81 bits per heavy atom.